The summed E-state index contributed by atoms with van der Waals surface area (Å²) in [5.74, 6) is 1.66. The van der Waals surface area contributed by atoms with Gasteiger partial charge in [0.25, 0.3) is 0 Å². The van der Waals surface area contributed by atoms with Crippen LogP contribution in [0.5, 0.6) is 0 Å². The molecular weight excluding hydrogens is 220 g/mol. The highest BCUT2D eigenvalue weighted by Crippen LogP contribution is 2.29. The molecule has 2 nitrogen and oxygen atoms in total. The lowest BCUT2D eigenvalue weighted by atomic mass is 9.88. The third kappa shape index (κ3) is 3.05. The van der Waals surface area contributed by atoms with Gasteiger partial charge in [0.1, 0.15) is 0 Å². The first-order valence-corrected chi connectivity index (χ1v) is 7.26. The molecule has 0 aromatic heterocycles. The SMILES string of the molecule is CCNCc1ccccc1N1CCC(C)C(C)C1. The Morgan fingerprint density at radius 2 is 2.00 bits per heavy atom. The number of hydrogen-bond donors (Lipinski definition) is 1. The van der Waals surface area contributed by atoms with Crippen molar-refractivity contribution >= 4 is 5.69 Å². The standard InChI is InChI=1S/C16H26N2/c1-4-17-11-15-7-5-6-8-16(15)18-10-9-13(2)14(3)12-18/h5-8,13-14,17H,4,9-12H2,1-3H3. The van der Waals surface area contributed by atoms with Crippen molar-refractivity contribution in [2.75, 3.05) is 24.5 Å². The number of nitrogens with zero attached hydrogens (tertiary/aromatic N) is 1. The van der Waals surface area contributed by atoms with Crippen LogP contribution in [0.15, 0.2) is 24.3 Å². The van der Waals surface area contributed by atoms with Gasteiger partial charge in [0.2, 0.25) is 0 Å². The van der Waals surface area contributed by atoms with Crippen LogP contribution in [0.4, 0.5) is 5.69 Å². The molecule has 1 fully saturated rings. The van der Waals surface area contributed by atoms with Gasteiger partial charge >= 0.3 is 0 Å². The Hall–Kier alpha value is -1.02. The molecule has 1 aliphatic heterocycles. The molecule has 0 bridgehead atoms. The summed E-state index contributed by atoms with van der Waals surface area (Å²) in [6.45, 7) is 11.3. The van der Waals surface area contributed by atoms with Crippen LogP contribution in [0.3, 0.4) is 0 Å². The largest absolute Gasteiger partial charge is 0.371 e. The monoisotopic (exact) mass is 246 g/mol. The van der Waals surface area contributed by atoms with Gasteiger partial charge in [-0.05, 0) is 36.4 Å². The van der Waals surface area contributed by atoms with Gasteiger partial charge < -0.3 is 10.2 Å². The summed E-state index contributed by atoms with van der Waals surface area (Å²) in [6, 6.07) is 8.83. The van der Waals surface area contributed by atoms with Gasteiger partial charge in [-0.3, -0.25) is 0 Å². The smallest absolute Gasteiger partial charge is 0.0411 e. The highest BCUT2D eigenvalue weighted by Gasteiger charge is 2.23. The first-order valence-electron chi connectivity index (χ1n) is 7.26. The van der Waals surface area contributed by atoms with Crippen LogP contribution in [-0.4, -0.2) is 19.6 Å². The van der Waals surface area contributed by atoms with Crippen molar-refractivity contribution in [2.45, 2.75) is 33.7 Å². The molecule has 2 heteroatoms. The fourth-order valence-corrected chi connectivity index (χ4v) is 2.71. The van der Waals surface area contributed by atoms with Gasteiger partial charge in [-0.25, -0.2) is 0 Å². The maximum absolute atomic E-state index is 3.44. The van der Waals surface area contributed by atoms with E-state index in [0.717, 1.165) is 24.9 Å². The van der Waals surface area contributed by atoms with Crippen LogP contribution < -0.4 is 10.2 Å². The van der Waals surface area contributed by atoms with Crippen molar-refractivity contribution in [1.29, 1.82) is 0 Å². The van der Waals surface area contributed by atoms with Crippen molar-refractivity contribution in [3.8, 4) is 0 Å². The summed E-state index contributed by atoms with van der Waals surface area (Å²) in [6.07, 6.45) is 1.32. The second-order valence-corrected chi connectivity index (χ2v) is 5.60. The molecule has 2 rings (SSSR count). The van der Waals surface area contributed by atoms with Crippen LogP contribution in [0.1, 0.15) is 32.8 Å². The fraction of sp³-hybridized carbons (Fsp3) is 0.625. The average molecular weight is 246 g/mol. The first-order chi connectivity index (χ1) is 8.72. The quantitative estimate of drug-likeness (QED) is 0.877. The number of rotatable bonds is 4. The Balaban J connectivity index is 2.12. The maximum Gasteiger partial charge on any atom is 0.0411 e. The molecule has 1 heterocycles. The molecule has 1 aromatic carbocycles. The lowest BCUT2D eigenvalue weighted by Gasteiger charge is -2.37. The molecule has 0 radical (unpaired) electrons. The lowest BCUT2D eigenvalue weighted by molar-refractivity contribution is 0.323. The molecule has 100 valence electrons. The summed E-state index contributed by atoms with van der Waals surface area (Å²) in [5, 5.41) is 3.44. The first kappa shape index (κ1) is 13.4. The zero-order chi connectivity index (χ0) is 13.0. The second-order valence-electron chi connectivity index (χ2n) is 5.60. The van der Waals surface area contributed by atoms with Gasteiger partial charge in [0.15, 0.2) is 0 Å². The van der Waals surface area contributed by atoms with E-state index in [0.29, 0.717) is 0 Å². The van der Waals surface area contributed by atoms with Gasteiger partial charge in [0.05, 0.1) is 0 Å². The molecule has 1 N–H and O–H groups in total. The molecule has 0 saturated carbocycles. The van der Waals surface area contributed by atoms with E-state index in [4.69, 9.17) is 0 Å². The molecule has 0 amide bonds. The summed E-state index contributed by atoms with van der Waals surface area (Å²) in [5.41, 5.74) is 2.86. The second kappa shape index (κ2) is 6.24. The van der Waals surface area contributed by atoms with E-state index in [2.05, 4.69) is 55.3 Å². The van der Waals surface area contributed by atoms with E-state index in [1.54, 1.807) is 0 Å². The van der Waals surface area contributed by atoms with Crippen molar-refractivity contribution < 1.29 is 0 Å². The summed E-state index contributed by atoms with van der Waals surface area (Å²) in [4.78, 5) is 2.57. The van der Waals surface area contributed by atoms with E-state index in [1.807, 2.05) is 0 Å². The number of benzene rings is 1. The minimum Gasteiger partial charge on any atom is -0.371 e. The van der Waals surface area contributed by atoms with Crippen molar-refractivity contribution in [1.82, 2.24) is 5.32 Å². The molecule has 0 spiro atoms. The number of anilines is 1. The van der Waals surface area contributed by atoms with Crippen molar-refractivity contribution in [3.63, 3.8) is 0 Å². The normalized spacial score (nSPS) is 24.3. The third-order valence-electron chi connectivity index (χ3n) is 4.23. The highest BCUT2D eigenvalue weighted by molar-refractivity contribution is 5.54. The predicted octanol–water partition coefficient (Wildman–Crippen LogP) is 3.28. The molecular formula is C16H26N2. The Labute approximate surface area is 111 Å². The third-order valence-corrected chi connectivity index (χ3v) is 4.23. The molecule has 0 aliphatic carbocycles. The van der Waals surface area contributed by atoms with Crippen LogP contribution in [0.25, 0.3) is 0 Å². The van der Waals surface area contributed by atoms with Crippen LogP contribution >= 0.6 is 0 Å². The van der Waals surface area contributed by atoms with Crippen molar-refractivity contribution in [2.24, 2.45) is 11.8 Å². The zero-order valence-corrected chi connectivity index (χ0v) is 11.9. The molecule has 2 atom stereocenters. The Kier molecular flexibility index (Phi) is 4.65. The van der Waals surface area contributed by atoms with Gasteiger partial charge in [-0.1, -0.05) is 39.0 Å². The predicted molar refractivity (Wildman–Crippen MR) is 79.0 cm³/mol. The number of para-hydroxylation sites is 1. The van der Waals surface area contributed by atoms with Gasteiger partial charge in [-0.2, -0.15) is 0 Å². The van der Waals surface area contributed by atoms with Gasteiger partial charge in [-0.15, -0.1) is 0 Å². The van der Waals surface area contributed by atoms with Crippen LogP contribution in [-0.2, 0) is 6.54 Å². The maximum atomic E-state index is 3.44. The summed E-state index contributed by atoms with van der Waals surface area (Å²) in [7, 11) is 0. The number of piperidine rings is 1. The van der Waals surface area contributed by atoms with E-state index < -0.39 is 0 Å². The van der Waals surface area contributed by atoms with E-state index in [9.17, 15) is 0 Å². The van der Waals surface area contributed by atoms with Crippen LogP contribution in [0.2, 0.25) is 0 Å². The lowest BCUT2D eigenvalue weighted by Crippen LogP contribution is -2.39. The van der Waals surface area contributed by atoms with E-state index in [-0.39, 0.29) is 0 Å². The van der Waals surface area contributed by atoms with Gasteiger partial charge in [0, 0.05) is 25.3 Å². The summed E-state index contributed by atoms with van der Waals surface area (Å²) >= 11 is 0. The van der Waals surface area contributed by atoms with E-state index in [1.165, 1.54) is 30.8 Å². The fourth-order valence-electron chi connectivity index (χ4n) is 2.71. The van der Waals surface area contributed by atoms with E-state index >= 15 is 0 Å². The zero-order valence-electron chi connectivity index (χ0n) is 11.9. The number of hydrogen-bond acceptors (Lipinski definition) is 2. The minimum atomic E-state index is 0.797. The average Bonchev–Trinajstić information content (AvgIpc) is 2.40. The Morgan fingerprint density at radius 3 is 2.72 bits per heavy atom. The minimum absolute atomic E-state index is 0.797. The Morgan fingerprint density at radius 1 is 1.22 bits per heavy atom. The molecule has 1 saturated heterocycles. The van der Waals surface area contributed by atoms with Crippen LogP contribution in [0, 0.1) is 11.8 Å². The molecule has 1 aromatic rings. The van der Waals surface area contributed by atoms with Crippen molar-refractivity contribution in [3.05, 3.63) is 29.8 Å². The molecule has 1 aliphatic rings. The molecule has 18 heavy (non-hydrogen) atoms. The number of nitrogens with one attached hydrogen (secondary N) is 1. The Bertz CT molecular complexity index is 375. The molecule has 2 unspecified atom stereocenters. The highest BCUT2D eigenvalue weighted by atomic mass is 15.1. The topological polar surface area (TPSA) is 15.3 Å². The summed E-state index contributed by atoms with van der Waals surface area (Å²) < 4.78 is 0.